The van der Waals surface area contributed by atoms with E-state index in [1.54, 1.807) is 6.21 Å². The molecule has 74 valence electrons. The van der Waals surface area contributed by atoms with E-state index in [0.29, 0.717) is 5.75 Å². The van der Waals surface area contributed by atoms with E-state index >= 15 is 0 Å². The molecule has 2 atom stereocenters. The van der Waals surface area contributed by atoms with Crippen molar-refractivity contribution in [1.82, 2.24) is 0 Å². The van der Waals surface area contributed by atoms with Crippen LogP contribution in [0.5, 0.6) is 0 Å². The van der Waals surface area contributed by atoms with E-state index in [4.69, 9.17) is 0 Å². The fraction of sp³-hybridized carbons (Fsp3) is 0.778. The van der Waals surface area contributed by atoms with Gasteiger partial charge in [0.25, 0.3) is 0 Å². The first-order valence-electron chi connectivity index (χ1n) is 4.30. The molecule has 0 fully saturated rings. The first-order chi connectivity index (χ1) is 5.83. The van der Waals surface area contributed by atoms with Crippen molar-refractivity contribution in [3.8, 4) is 0 Å². The Morgan fingerprint density at radius 1 is 1.46 bits per heavy atom. The predicted octanol–water partition coefficient (Wildman–Crippen LogP) is 1.41. The largest absolute Gasteiger partial charge is 0.616 e. The van der Waals surface area contributed by atoms with E-state index in [1.165, 1.54) is 6.34 Å². The van der Waals surface area contributed by atoms with Crippen LogP contribution < -0.4 is 0 Å². The highest BCUT2D eigenvalue weighted by Gasteiger charge is 2.35. The average Bonchev–Trinajstić information content (AvgIpc) is 2.33. The van der Waals surface area contributed by atoms with Gasteiger partial charge in [0.1, 0.15) is 22.4 Å². The minimum absolute atomic E-state index is 0.172. The van der Waals surface area contributed by atoms with Crippen molar-refractivity contribution < 1.29 is 4.55 Å². The quantitative estimate of drug-likeness (QED) is 0.622. The average molecular weight is 200 g/mol. The van der Waals surface area contributed by atoms with Crippen LogP contribution >= 0.6 is 0 Å². The van der Waals surface area contributed by atoms with Gasteiger partial charge in [0.05, 0.1) is 0 Å². The SMILES string of the molecule is CC(C)(C)[S+]([O-])C[C@]1(C)C=NC=N1. The number of nitrogens with zero attached hydrogens (tertiary/aromatic N) is 2. The summed E-state index contributed by atoms with van der Waals surface area (Å²) < 4.78 is 11.6. The molecule has 1 aliphatic rings. The maximum absolute atomic E-state index is 11.8. The molecule has 1 heterocycles. The smallest absolute Gasteiger partial charge is 0.139 e. The molecule has 1 aliphatic heterocycles. The number of hydrogen-bond acceptors (Lipinski definition) is 3. The molecule has 0 amide bonds. The molecular weight excluding hydrogens is 184 g/mol. The van der Waals surface area contributed by atoms with Gasteiger partial charge in [0.2, 0.25) is 0 Å². The Labute approximate surface area is 82.5 Å². The van der Waals surface area contributed by atoms with Gasteiger partial charge in [-0.05, 0) is 38.9 Å². The molecule has 0 spiro atoms. The third kappa shape index (κ3) is 2.81. The molecule has 0 saturated carbocycles. The van der Waals surface area contributed by atoms with Gasteiger partial charge < -0.3 is 4.55 Å². The van der Waals surface area contributed by atoms with Crippen LogP contribution in [0.25, 0.3) is 0 Å². The van der Waals surface area contributed by atoms with Crippen LogP contribution in [-0.2, 0) is 11.2 Å². The molecule has 3 nitrogen and oxygen atoms in total. The maximum atomic E-state index is 11.8. The normalized spacial score (nSPS) is 29.6. The minimum atomic E-state index is -0.872. The van der Waals surface area contributed by atoms with Crippen molar-refractivity contribution in [3.63, 3.8) is 0 Å². The molecule has 0 N–H and O–H groups in total. The van der Waals surface area contributed by atoms with Gasteiger partial charge in [0.15, 0.2) is 0 Å². The lowest BCUT2D eigenvalue weighted by molar-refractivity contribution is 0.548. The van der Waals surface area contributed by atoms with Crippen molar-refractivity contribution >= 4 is 23.7 Å². The summed E-state index contributed by atoms with van der Waals surface area (Å²) in [6.07, 6.45) is 3.29. The summed E-state index contributed by atoms with van der Waals surface area (Å²) in [7, 11) is 0. The zero-order valence-corrected chi connectivity index (χ0v) is 9.39. The monoisotopic (exact) mass is 200 g/mol. The molecule has 0 bridgehead atoms. The number of aliphatic imine (C=N–C) groups is 2. The molecule has 0 saturated heterocycles. The topological polar surface area (TPSA) is 47.8 Å². The molecule has 4 heteroatoms. The number of hydrogen-bond donors (Lipinski definition) is 0. The van der Waals surface area contributed by atoms with Crippen molar-refractivity contribution in [2.24, 2.45) is 9.98 Å². The van der Waals surface area contributed by atoms with E-state index in [1.807, 2.05) is 27.7 Å². The highest BCUT2D eigenvalue weighted by atomic mass is 32.2. The molecule has 0 aromatic rings. The lowest BCUT2D eigenvalue weighted by Gasteiger charge is -2.28. The van der Waals surface area contributed by atoms with Crippen LogP contribution in [0.1, 0.15) is 27.7 Å². The number of rotatable bonds is 2. The molecule has 0 aromatic carbocycles. The van der Waals surface area contributed by atoms with Gasteiger partial charge in [-0.1, -0.05) is 0 Å². The van der Waals surface area contributed by atoms with E-state index in [2.05, 4.69) is 9.98 Å². The molecule has 0 aromatic heterocycles. The molecule has 0 radical (unpaired) electrons. The third-order valence-corrected chi connectivity index (χ3v) is 4.09. The first-order valence-corrected chi connectivity index (χ1v) is 5.62. The van der Waals surface area contributed by atoms with Gasteiger partial charge in [-0.25, -0.2) is 4.99 Å². The molecule has 0 aliphatic carbocycles. The highest BCUT2D eigenvalue weighted by Crippen LogP contribution is 2.22. The Morgan fingerprint density at radius 2 is 2.08 bits per heavy atom. The third-order valence-electron chi connectivity index (χ3n) is 1.88. The standard InChI is InChI=1S/C9H16N2OS/c1-8(2,3)13(12)6-9(4)5-10-7-11-9/h5,7H,6H2,1-4H3/t9-,13?/m0/s1. The Hall–Kier alpha value is -0.350. The van der Waals surface area contributed by atoms with Gasteiger partial charge in [-0.2, -0.15) is 0 Å². The van der Waals surface area contributed by atoms with E-state index in [9.17, 15) is 4.55 Å². The highest BCUT2D eigenvalue weighted by molar-refractivity contribution is 7.92. The van der Waals surface area contributed by atoms with E-state index in [0.717, 1.165) is 0 Å². The van der Waals surface area contributed by atoms with Crippen LogP contribution in [0.3, 0.4) is 0 Å². The van der Waals surface area contributed by atoms with Crippen LogP contribution in [0.2, 0.25) is 0 Å². The predicted molar refractivity (Wildman–Crippen MR) is 58.2 cm³/mol. The Bertz CT molecular complexity index is 230. The fourth-order valence-corrected chi connectivity index (χ4v) is 2.06. The van der Waals surface area contributed by atoms with Crippen molar-refractivity contribution in [3.05, 3.63) is 0 Å². The second-order valence-electron chi connectivity index (χ2n) is 4.48. The Morgan fingerprint density at radius 3 is 2.46 bits per heavy atom. The van der Waals surface area contributed by atoms with Crippen molar-refractivity contribution in [1.29, 1.82) is 0 Å². The second kappa shape index (κ2) is 3.42. The second-order valence-corrected chi connectivity index (χ2v) is 6.69. The summed E-state index contributed by atoms with van der Waals surface area (Å²) in [5.74, 6) is 0.552. The van der Waals surface area contributed by atoms with Crippen LogP contribution in [-0.4, -0.2) is 33.1 Å². The Kier molecular flexibility index (Phi) is 2.82. The van der Waals surface area contributed by atoms with Gasteiger partial charge in [-0.15, -0.1) is 0 Å². The lowest BCUT2D eigenvalue weighted by Crippen LogP contribution is -2.40. The van der Waals surface area contributed by atoms with Crippen molar-refractivity contribution in [2.75, 3.05) is 5.75 Å². The van der Waals surface area contributed by atoms with E-state index < -0.39 is 11.2 Å². The maximum Gasteiger partial charge on any atom is 0.139 e. The van der Waals surface area contributed by atoms with Gasteiger partial charge in [-0.3, -0.25) is 4.99 Å². The summed E-state index contributed by atoms with van der Waals surface area (Å²) in [5.41, 5.74) is -0.349. The molecule has 13 heavy (non-hydrogen) atoms. The summed E-state index contributed by atoms with van der Waals surface area (Å²) in [6.45, 7) is 7.87. The first kappa shape index (κ1) is 10.7. The minimum Gasteiger partial charge on any atom is -0.616 e. The van der Waals surface area contributed by atoms with Crippen molar-refractivity contribution in [2.45, 2.75) is 38.0 Å². The molecule has 1 rings (SSSR count). The zero-order valence-electron chi connectivity index (χ0n) is 8.57. The Balaban J connectivity index is 2.59. The summed E-state index contributed by atoms with van der Waals surface area (Å²) >= 11 is -0.872. The summed E-state index contributed by atoms with van der Waals surface area (Å²) in [4.78, 5) is 8.10. The molecular formula is C9H16N2OS. The van der Waals surface area contributed by atoms with Gasteiger partial charge in [0, 0.05) is 6.21 Å². The summed E-state index contributed by atoms with van der Waals surface area (Å²) in [5, 5.41) is 0. The van der Waals surface area contributed by atoms with Crippen LogP contribution in [0, 0.1) is 0 Å². The fourth-order valence-electron chi connectivity index (χ4n) is 0.949. The van der Waals surface area contributed by atoms with Gasteiger partial charge >= 0.3 is 0 Å². The van der Waals surface area contributed by atoms with Crippen LogP contribution in [0.15, 0.2) is 9.98 Å². The zero-order chi connectivity index (χ0) is 10.1. The summed E-state index contributed by atoms with van der Waals surface area (Å²) in [6, 6.07) is 0. The van der Waals surface area contributed by atoms with E-state index in [-0.39, 0.29) is 10.3 Å². The molecule has 1 unspecified atom stereocenters. The van der Waals surface area contributed by atoms with Crippen LogP contribution in [0.4, 0.5) is 0 Å². The lowest BCUT2D eigenvalue weighted by atomic mass is 10.1.